The summed E-state index contributed by atoms with van der Waals surface area (Å²) in [5, 5.41) is 10.4. The Labute approximate surface area is 107 Å². The van der Waals surface area contributed by atoms with E-state index >= 15 is 0 Å². The standard InChI is InChI=1S/C15H31NO/c1-2-3-4-5-7-10-14(17)15(13-16)11-8-6-9-12-15/h14,17H,2-13,16H2,1H3. The first kappa shape index (κ1) is 15.0. The summed E-state index contributed by atoms with van der Waals surface area (Å²) in [5.41, 5.74) is 5.99. The van der Waals surface area contributed by atoms with E-state index in [-0.39, 0.29) is 11.5 Å². The number of hydrogen-bond donors (Lipinski definition) is 2. The van der Waals surface area contributed by atoms with Gasteiger partial charge in [-0.3, -0.25) is 0 Å². The van der Waals surface area contributed by atoms with E-state index in [1.807, 2.05) is 0 Å². The Bertz CT molecular complexity index is 187. The minimum absolute atomic E-state index is 0.0585. The average Bonchev–Trinajstić information content (AvgIpc) is 2.39. The van der Waals surface area contributed by atoms with Gasteiger partial charge in [0.05, 0.1) is 6.10 Å². The number of unbranched alkanes of at least 4 members (excludes halogenated alkanes) is 4. The van der Waals surface area contributed by atoms with Crippen molar-refractivity contribution in [3.63, 3.8) is 0 Å². The Morgan fingerprint density at radius 3 is 2.29 bits per heavy atom. The summed E-state index contributed by atoms with van der Waals surface area (Å²) in [6.45, 7) is 2.91. The molecule has 0 aromatic heterocycles. The number of hydrogen-bond acceptors (Lipinski definition) is 2. The van der Waals surface area contributed by atoms with Gasteiger partial charge in [-0.25, -0.2) is 0 Å². The van der Waals surface area contributed by atoms with Crippen molar-refractivity contribution < 1.29 is 5.11 Å². The van der Waals surface area contributed by atoms with Crippen LogP contribution in [0.2, 0.25) is 0 Å². The Balaban J connectivity index is 2.25. The molecule has 0 bridgehead atoms. The van der Waals surface area contributed by atoms with Gasteiger partial charge in [-0.2, -0.15) is 0 Å². The minimum Gasteiger partial charge on any atom is -0.393 e. The van der Waals surface area contributed by atoms with Crippen molar-refractivity contribution in [3.8, 4) is 0 Å². The van der Waals surface area contributed by atoms with Crippen LogP contribution in [0.4, 0.5) is 0 Å². The predicted octanol–water partition coefficient (Wildman–Crippen LogP) is 3.62. The van der Waals surface area contributed by atoms with Crippen LogP contribution in [0.15, 0.2) is 0 Å². The highest BCUT2D eigenvalue weighted by atomic mass is 16.3. The van der Waals surface area contributed by atoms with E-state index in [0.717, 1.165) is 19.3 Å². The van der Waals surface area contributed by atoms with Crippen LogP contribution in [-0.2, 0) is 0 Å². The molecule has 0 spiro atoms. The second kappa shape index (κ2) is 8.10. The molecule has 0 radical (unpaired) electrons. The van der Waals surface area contributed by atoms with Crippen LogP contribution >= 0.6 is 0 Å². The van der Waals surface area contributed by atoms with E-state index < -0.39 is 0 Å². The van der Waals surface area contributed by atoms with Crippen molar-refractivity contribution in [3.05, 3.63) is 0 Å². The fraction of sp³-hybridized carbons (Fsp3) is 1.00. The zero-order chi connectivity index (χ0) is 12.6. The number of rotatable bonds is 8. The van der Waals surface area contributed by atoms with Crippen LogP contribution in [0, 0.1) is 5.41 Å². The van der Waals surface area contributed by atoms with Crippen molar-refractivity contribution in [2.75, 3.05) is 6.54 Å². The highest BCUT2D eigenvalue weighted by molar-refractivity contribution is 4.89. The SMILES string of the molecule is CCCCCCCC(O)C1(CN)CCCCC1. The van der Waals surface area contributed by atoms with Crippen molar-refractivity contribution in [2.24, 2.45) is 11.1 Å². The molecule has 0 aromatic carbocycles. The lowest BCUT2D eigenvalue weighted by molar-refractivity contribution is -0.00437. The summed E-state index contributed by atoms with van der Waals surface area (Å²) in [6.07, 6.45) is 13.3. The van der Waals surface area contributed by atoms with Gasteiger partial charge in [0.2, 0.25) is 0 Å². The van der Waals surface area contributed by atoms with Gasteiger partial charge < -0.3 is 10.8 Å². The van der Waals surface area contributed by atoms with Gasteiger partial charge in [-0.15, -0.1) is 0 Å². The highest BCUT2D eigenvalue weighted by Gasteiger charge is 2.37. The molecule has 1 fully saturated rings. The first-order valence-electron chi connectivity index (χ1n) is 7.63. The molecular formula is C15H31NO. The third-order valence-electron chi connectivity index (χ3n) is 4.54. The van der Waals surface area contributed by atoms with Gasteiger partial charge in [0.25, 0.3) is 0 Å². The minimum atomic E-state index is -0.158. The molecule has 0 aromatic rings. The van der Waals surface area contributed by atoms with Gasteiger partial charge in [0.1, 0.15) is 0 Å². The van der Waals surface area contributed by atoms with E-state index in [1.54, 1.807) is 0 Å². The summed E-state index contributed by atoms with van der Waals surface area (Å²) in [5.74, 6) is 0. The lowest BCUT2D eigenvalue weighted by Gasteiger charge is -2.40. The maximum absolute atomic E-state index is 10.4. The fourth-order valence-electron chi connectivity index (χ4n) is 3.18. The monoisotopic (exact) mass is 241 g/mol. The molecule has 1 aliphatic rings. The molecule has 3 N–H and O–H groups in total. The van der Waals surface area contributed by atoms with Crippen LogP contribution in [0.3, 0.4) is 0 Å². The maximum atomic E-state index is 10.4. The molecule has 17 heavy (non-hydrogen) atoms. The third-order valence-corrected chi connectivity index (χ3v) is 4.54. The zero-order valence-corrected chi connectivity index (χ0v) is 11.6. The van der Waals surface area contributed by atoms with E-state index in [1.165, 1.54) is 51.4 Å². The summed E-state index contributed by atoms with van der Waals surface area (Å²) < 4.78 is 0. The molecule has 0 heterocycles. The molecule has 1 atom stereocenters. The van der Waals surface area contributed by atoms with Crippen molar-refractivity contribution >= 4 is 0 Å². The molecule has 1 unspecified atom stereocenters. The van der Waals surface area contributed by atoms with Gasteiger partial charge in [0.15, 0.2) is 0 Å². The molecule has 0 amide bonds. The summed E-state index contributed by atoms with van der Waals surface area (Å²) in [6, 6.07) is 0. The molecule has 0 aliphatic heterocycles. The average molecular weight is 241 g/mol. The summed E-state index contributed by atoms with van der Waals surface area (Å²) in [4.78, 5) is 0. The largest absolute Gasteiger partial charge is 0.393 e. The molecule has 1 rings (SSSR count). The van der Waals surface area contributed by atoms with Crippen molar-refractivity contribution in [1.82, 2.24) is 0 Å². The van der Waals surface area contributed by atoms with E-state index in [4.69, 9.17) is 5.73 Å². The molecule has 1 saturated carbocycles. The first-order chi connectivity index (χ1) is 8.25. The van der Waals surface area contributed by atoms with Crippen LogP contribution in [0.5, 0.6) is 0 Å². The number of aliphatic hydroxyl groups is 1. The fourth-order valence-corrected chi connectivity index (χ4v) is 3.18. The Morgan fingerprint density at radius 1 is 1.06 bits per heavy atom. The van der Waals surface area contributed by atoms with Crippen LogP contribution in [0.1, 0.15) is 77.6 Å². The van der Waals surface area contributed by atoms with E-state index in [0.29, 0.717) is 6.54 Å². The molecule has 2 heteroatoms. The summed E-state index contributed by atoms with van der Waals surface area (Å²) in [7, 11) is 0. The number of nitrogens with two attached hydrogens (primary N) is 1. The van der Waals surface area contributed by atoms with E-state index in [2.05, 4.69) is 6.92 Å². The Hall–Kier alpha value is -0.0800. The molecule has 1 aliphatic carbocycles. The maximum Gasteiger partial charge on any atom is 0.0608 e. The normalized spacial score (nSPS) is 21.4. The second-order valence-corrected chi connectivity index (χ2v) is 5.85. The van der Waals surface area contributed by atoms with Crippen LogP contribution in [-0.4, -0.2) is 17.8 Å². The van der Waals surface area contributed by atoms with Crippen molar-refractivity contribution in [2.45, 2.75) is 83.7 Å². The van der Waals surface area contributed by atoms with Gasteiger partial charge in [-0.05, 0) is 19.3 Å². The quantitative estimate of drug-likeness (QED) is 0.638. The summed E-state index contributed by atoms with van der Waals surface area (Å²) >= 11 is 0. The molecule has 102 valence electrons. The Kier molecular flexibility index (Phi) is 7.14. The van der Waals surface area contributed by atoms with E-state index in [9.17, 15) is 5.11 Å². The molecule has 2 nitrogen and oxygen atoms in total. The Morgan fingerprint density at radius 2 is 1.71 bits per heavy atom. The zero-order valence-electron chi connectivity index (χ0n) is 11.6. The second-order valence-electron chi connectivity index (χ2n) is 5.85. The van der Waals surface area contributed by atoms with Gasteiger partial charge in [0, 0.05) is 12.0 Å². The molecule has 0 saturated heterocycles. The van der Waals surface area contributed by atoms with Crippen LogP contribution < -0.4 is 5.73 Å². The highest BCUT2D eigenvalue weighted by Crippen LogP contribution is 2.40. The van der Waals surface area contributed by atoms with Gasteiger partial charge >= 0.3 is 0 Å². The van der Waals surface area contributed by atoms with Gasteiger partial charge in [-0.1, -0.05) is 58.3 Å². The number of aliphatic hydroxyl groups excluding tert-OH is 1. The van der Waals surface area contributed by atoms with Crippen molar-refractivity contribution in [1.29, 1.82) is 0 Å². The lowest BCUT2D eigenvalue weighted by atomic mass is 9.69. The predicted molar refractivity (Wildman–Crippen MR) is 74.0 cm³/mol. The lowest BCUT2D eigenvalue weighted by Crippen LogP contribution is -2.43. The first-order valence-corrected chi connectivity index (χ1v) is 7.63. The van der Waals surface area contributed by atoms with Crippen LogP contribution in [0.25, 0.3) is 0 Å². The smallest absolute Gasteiger partial charge is 0.0608 e. The molecular weight excluding hydrogens is 210 g/mol. The third kappa shape index (κ3) is 4.59. The topological polar surface area (TPSA) is 46.2 Å².